The molecule has 2 heterocycles. The predicted molar refractivity (Wildman–Crippen MR) is 210 cm³/mol. The third-order valence-corrected chi connectivity index (χ3v) is 8.19. The van der Waals surface area contributed by atoms with E-state index in [4.69, 9.17) is 16.3 Å². The van der Waals surface area contributed by atoms with Crippen molar-refractivity contribution in [3.8, 4) is 16.9 Å². The minimum atomic E-state index is -0.229. The molecule has 0 saturated carbocycles. The number of carbonyl (C=O) groups is 1. The first-order valence-corrected chi connectivity index (χ1v) is 18.9. The zero-order valence-electron chi connectivity index (χ0n) is 32.7. The Labute approximate surface area is 295 Å². The number of hydrogen-bond donors (Lipinski definition) is 1. The highest BCUT2D eigenvalue weighted by Crippen LogP contribution is 2.36. The van der Waals surface area contributed by atoms with Crippen LogP contribution < -0.4 is 4.74 Å². The van der Waals surface area contributed by atoms with Gasteiger partial charge in [-0.25, -0.2) is 0 Å². The number of ether oxygens (including phenoxy) is 1. The van der Waals surface area contributed by atoms with Crippen LogP contribution in [-0.2, 0) is 11.2 Å². The van der Waals surface area contributed by atoms with Crippen molar-refractivity contribution in [2.24, 2.45) is 11.8 Å². The molecule has 3 aromatic rings. The third kappa shape index (κ3) is 14.4. The van der Waals surface area contributed by atoms with Crippen molar-refractivity contribution >= 4 is 23.0 Å². The Kier molecular flexibility index (Phi) is 26.7. The number of halogens is 1. The maximum Gasteiger partial charge on any atom is 0.169 e. The van der Waals surface area contributed by atoms with Crippen molar-refractivity contribution in [2.75, 3.05) is 6.61 Å². The summed E-state index contributed by atoms with van der Waals surface area (Å²) in [7, 11) is 0. The van der Waals surface area contributed by atoms with E-state index in [0.717, 1.165) is 51.6 Å². The van der Waals surface area contributed by atoms with Gasteiger partial charge >= 0.3 is 0 Å². The molecule has 1 N–H and O–H groups in total. The van der Waals surface area contributed by atoms with Crippen LogP contribution >= 0.6 is 11.6 Å². The van der Waals surface area contributed by atoms with Gasteiger partial charge in [-0.1, -0.05) is 145 Å². The van der Waals surface area contributed by atoms with Crippen molar-refractivity contribution < 1.29 is 9.53 Å². The van der Waals surface area contributed by atoms with E-state index >= 15 is 0 Å². The topological polar surface area (TPSA) is 55.0 Å². The van der Waals surface area contributed by atoms with E-state index in [2.05, 4.69) is 63.0 Å². The lowest BCUT2D eigenvalue weighted by Crippen LogP contribution is -2.29. The second kappa shape index (κ2) is 27.1. The number of aromatic amines is 1. The van der Waals surface area contributed by atoms with Gasteiger partial charge in [-0.05, 0) is 79.0 Å². The molecule has 1 aliphatic rings. The number of hydrogen-bond acceptors (Lipinski definition) is 3. The predicted octanol–water partition coefficient (Wildman–Crippen LogP) is 13.7. The highest BCUT2D eigenvalue weighted by molar-refractivity contribution is 6.30. The molecular weight excluding hydrogens is 600 g/mol. The number of aryl methyl sites for hydroxylation is 1. The largest absolute Gasteiger partial charge is 0.493 e. The van der Waals surface area contributed by atoms with Gasteiger partial charge in [-0.15, -0.1) is 0 Å². The number of nitrogens with zero attached hydrogens (tertiary/aromatic N) is 1. The molecule has 4 rings (SSSR count). The van der Waals surface area contributed by atoms with Crippen LogP contribution in [0.25, 0.3) is 16.7 Å². The van der Waals surface area contributed by atoms with Crippen molar-refractivity contribution in [1.82, 2.24) is 10.2 Å². The van der Waals surface area contributed by atoms with Gasteiger partial charge in [0.05, 0.1) is 18.7 Å². The van der Waals surface area contributed by atoms with E-state index in [1.807, 2.05) is 99.7 Å². The quantitative estimate of drug-likeness (QED) is 0.231. The van der Waals surface area contributed by atoms with Gasteiger partial charge < -0.3 is 4.74 Å². The van der Waals surface area contributed by atoms with Crippen LogP contribution in [0.15, 0.2) is 48.7 Å². The SMILES string of the molecule is C/C=C(/C(=O)C1COc2ccc(Cl)cc2C1)c1ccc(-c2cn[nH]c2C)cc1C(C)CC.CC.CC.CC.CC.CCCC(C)CC. The molecule has 0 aliphatic carbocycles. The van der Waals surface area contributed by atoms with Crippen molar-refractivity contribution in [3.05, 3.63) is 76.1 Å². The van der Waals surface area contributed by atoms with Crippen LogP contribution in [-0.4, -0.2) is 22.6 Å². The lowest BCUT2D eigenvalue weighted by molar-refractivity contribution is -0.118. The van der Waals surface area contributed by atoms with E-state index in [-0.39, 0.29) is 11.7 Å². The van der Waals surface area contributed by atoms with E-state index in [0.29, 0.717) is 24.0 Å². The molecule has 1 aromatic heterocycles. The van der Waals surface area contributed by atoms with Crippen LogP contribution in [0, 0.1) is 18.8 Å². The van der Waals surface area contributed by atoms with Crippen LogP contribution in [0.4, 0.5) is 0 Å². The maximum atomic E-state index is 13.7. The van der Waals surface area contributed by atoms with Crippen LogP contribution in [0.1, 0.15) is 151 Å². The summed E-state index contributed by atoms with van der Waals surface area (Å²) in [5, 5.41) is 7.84. The van der Waals surface area contributed by atoms with Gasteiger partial charge in [-0.3, -0.25) is 9.89 Å². The second-order valence-corrected chi connectivity index (χ2v) is 11.3. The van der Waals surface area contributed by atoms with Gasteiger partial charge in [0, 0.05) is 21.9 Å². The van der Waals surface area contributed by atoms with Gasteiger partial charge in [0.2, 0.25) is 0 Å². The van der Waals surface area contributed by atoms with E-state index < -0.39 is 0 Å². The van der Waals surface area contributed by atoms with Crippen LogP contribution in [0.5, 0.6) is 5.75 Å². The first-order valence-electron chi connectivity index (χ1n) is 18.5. The fourth-order valence-corrected chi connectivity index (χ4v) is 5.32. The van der Waals surface area contributed by atoms with Crippen molar-refractivity contribution in [2.45, 2.75) is 142 Å². The summed E-state index contributed by atoms with van der Waals surface area (Å²) >= 11 is 6.17. The maximum absolute atomic E-state index is 13.7. The number of allylic oxidation sites excluding steroid dienone is 2. The van der Waals surface area contributed by atoms with Gasteiger partial charge in [-0.2, -0.15) is 5.10 Å². The van der Waals surface area contributed by atoms with Crippen molar-refractivity contribution in [1.29, 1.82) is 0 Å². The molecule has 0 radical (unpaired) electrons. The molecular formula is C42H69ClN2O2. The molecule has 47 heavy (non-hydrogen) atoms. The normalized spacial score (nSPS) is 14.1. The lowest BCUT2D eigenvalue weighted by atomic mass is 9.82. The van der Waals surface area contributed by atoms with E-state index in [1.165, 1.54) is 24.8 Å². The molecule has 0 fully saturated rings. The van der Waals surface area contributed by atoms with Crippen molar-refractivity contribution in [3.63, 3.8) is 0 Å². The molecule has 5 heteroatoms. The summed E-state index contributed by atoms with van der Waals surface area (Å²) < 4.78 is 5.91. The summed E-state index contributed by atoms with van der Waals surface area (Å²) in [5.41, 5.74) is 7.18. The molecule has 3 atom stereocenters. The zero-order valence-corrected chi connectivity index (χ0v) is 33.5. The summed E-state index contributed by atoms with van der Waals surface area (Å²) in [5.74, 6) is 1.98. The van der Waals surface area contributed by atoms with Crippen LogP contribution in [0.2, 0.25) is 5.02 Å². The first-order chi connectivity index (χ1) is 22.7. The molecule has 3 unspecified atom stereocenters. The number of Topliss-reactive ketones (excluding diaryl/α,β-unsaturated/α-hetero) is 1. The third-order valence-electron chi connectivity index (χ3n) is 7.96. The summed E-state index contributed by atoms with van der Waals surface area (Å²) in [6.07, 6.45) is 9.51. The van der Waals surface area contributed by atoms with E-state index in [1.54, 1.807) is 0 Å². The molecule has 1 aliphatic heterocycles. The number of fused-ring (bicyclic) bond motifs is 1. The summed E-state index contributed by atoms with van der Waals surface area (Å²) in [6.45, 7) is 31.5. The molecule has 0 amide bonds. The number of carbonyl (C=O) groups excluding carboxylic acids is 1. The zero-order chi connectivity index (χ0) is 36.5. The molecule has 0 bridgehead atoms. The molecule has 0 spiro atoms. The summed E-state index contributed by atoms with van der Waals surface area (Å²) in [4.78, 5) is 13.7. The number of H-pyrrole nitrogens is 1. The molecule has 4 nitrogen and oxygen atoms in total. The molecule has 266 valence electrons. The van der Waals surface area contributed by atoms with Gasteiger partial charge in [0.1, 0.15) is 5.75 Å². The Morgan fingerprint density at radius 2 is 1.62 bits per heavy atom. The Balaban J connectivity index is 0. The van der Waals surface area contributed by atoms with Crippen LogP contribution in [0.3, 0.4) is 0 Å². The smallest absolute Gasteiger partial charge is 0.169 e. The monoisotopic (exact) mass is 669 g/mol. The molecule has 2 aromatic carbocycles. The number of benzene rings is 2. The average Bonchev–Trinajstić information content (AvgIpc) is 3.57. The van der Waals surface area contributed by atoms with Gasteiger partial charge in [0.25, 0.3) is 0 Å². The number of nitrogens with one attached hydrogen (secondary N) is 1. The first kappa shape index (κ1) is 46.3. The standard InChI is InChI=1S/C27H29ClN2O2.C7H16.4C2H6/c1-5-16(3)24-13-18(25-14-29-30-17(25)4)7-9-23(24)22(6-2)27(31)20-11-19-12-21(28)8-10-26(19)32-15-20;1-4-6-7(3)5-2;4*1-2/h6-10,12-14,16,20H,5,11,15H2,1-4H3,(H,29,30);7H,4-6H2,1-3H3;4*1-2H3/b22-6+;;;;;. The minimum absolute atomic E-state index is 0.120. The fraction of sp³-hybridized carbons (Fsp3) is 0.571. The Bertz CT molecular complexity index is 1280. The molecule has 0 saturated heterocycles. The Morgan fingerprint density at radius 3 is 2.11 bits per heavy atom. The summed E-state index contributed by atoms with van der Waals surface area (Å²) in [6, 6.07) is 12.0. The average molecular weight is 669 g/mol. The highest BCUT2D eigenvalue weighted by atomic mass is 35.5. The van der Waals surface area contributed by atoms with Gasteiger partial charge in [0.15, 0.2) is 5.78 Å². The fourth-order valence-electron chi connectivity index (χ4n) is 5.12. The number of aromatic nitrogens is 2. The number of rotatable bonds is 9. The highest BCUT2D eigenvalue weighted by Gasteiger charge is 2.30. The minimum Gasteiger partial charge on any atom is -0.493 e. The lowest BCUT2D eigenvalue weighted by Gasteiger charge is -2.26. The second-order valence-electron chi connectivity index (χ2n) is 10.9. The Hall–Kier alpha value is -2.85. The van der Waals surface area contributed by atoms with E-state index in [9.17, 15) is 4.79 Å². The Morgan fingerprint density at radius 1 is 0.979 bits per heavy atom. The number of ketones is 1.